The van der Waals surface area contributed by atoms with Crippen LogP contribution in [0.2, 0.25) is 5.02 Å². The molecule has 3 aliphatic heterocycles. The third-order valence-corrected chi connectivity index (χ3v) is 11.5. The zero-order valence-corrected chi connectivity index (χ0v) is 27.1. The summed E-state index contributed by atoms with van der Waals surface area (Å²) in [4.78, 5) is 47.6. The Morgan fingerprint density at radius 2 is 1.59 bits per heavy atom. The predicted molar refractivity (Wildman–Crippen MR) is 173 cm³/mol. The number of rotatable bonds is 7. The van der Waals surface area contributed by atoms with Crippen LogP contribution in [0.3, 0.4) is 0 Å². The number of piperidine rings is 2. The first kappa shape index (κ1) is 32.2. The van der Waals surface area contributed by atoms with Crippen molar-refractivity contribution in [1.82, 2.24) is 24.2 Å². The number of carboxylic acids is 1. The summed E-state index contributed by atoms with van der Waals surface area (Å²) in [7, 11) is -2.36. The molecule has 1 aromatic heterocycles. The number of carboxylic acid groups (broad SMARTS) is 1. The number of hydrogen-bond acceptors (Lipinski definition) is 8. The maximum Gasteiger partial charge on any atom is 0.306 e. The molecule has 12 nitrogen and oxygen atoms in total. The summed E-state index contributed by atoms with van der Waals surface area (Å²) in [5.74, 6) is -2.30. The number of halogens is 1. The first-order valence-corrected chi connectivity index (χ1v) is 17.3. The van der Waals surface area contributed by atoms with Crippen molar-refractivity contribution in [3.8, 4) is 0 Å². The fraction of sp³-hybridized carbons (Fsp3) is 0.438. The average molecular weight is 669 g/mol. The van der Waals surface area contributed by atoms with Crippen LogP contribution in [-0.4, -0.2) is 114 Å². The van der Waals surface area contributed by atoms with Gasteiger partial charge in [-0.3, -0.25) is 24.4 Å². The van der Waals surface area contributed by atoms with E-state index in [0.717, 1.165) is 41.3 Å². The number of hydrazine groups is 1. The lowest BCUT2D eigenvalue weighted by atomic mass is 9.96. The number of fused-ring (bicyclic) bond motifs is 1. The zero-order valence-electron chi connectivity index (χ0n) is 25.5. The smallest absolute Gasteiger partial charge is 0.306 e. The van der Waals surface area contributed by atoms with Crippen molar-refractivity contribution in [2.24, 2.45) is 5.92 Å². The van der Waals surface area contributed by atoms with Crippen LogP contribution in [0, 0.1) is 5.92 Å². The minimum Gasteiger partial charge on any atom is -0.481 e. The number of amides is 2. The van der Waals surface area contributed by atoms with Gasteiger partial charge in [-0.05, 0) is 72.9 Å². The van der Waals surface area contributed by atoms with Crippen molar-refractivity contribution in [3.05, 3.63) is 65.9 Å². The number of piperazine rings is 1. The number of anilines is 1. The van der Waals surface area contributed by atoms with Crippen molar-refractivity contribution >= 4 is 55.9 Å². The van der Waals surface area contributed by atoms with Gasteiger partial charge in [-0.25, -0.2) is 13.4 Å². The number of aromatic nitrogens is 1. The maximum absolute atomic E-state index is 14.1. The van der Waals surface area contributed by atoms with E-state index < -0.39 is 40.4 Å². The third kappa shape index (κ3) is 6.41. The summed E-state index contributed by atoms with van der Waals surface area (Å²) in [6.07, 6.45) is 5.57. The molecule has 3 aromatic rings. The molecule has 1 atom stereocenters. The molecule has 3 fully saturated rings. The van der Waals surface area contributed by atoms with Crippen molar-refractivity contribution in [2.75, 3.05) is 51.2 Å². The lowest BCUT2D eigenvalue weighted by Gasteiger charge is -2.49. The highest BCUT2D eigenvalue weighted by atomic mass is 35.5. The van der Waals surface area contributed by atoms with Crippen molar-refractivity contribution in [2.45, 2.75) is 42.7 Å². The normalized spacial score (nSPS) is 20.9. The van der Waals surface area contributed by atoms with Gasteiger partial charge in [0, 0.05) is 68.9 Å². The molecule has 2 aromatic carbocycles. The Labute approximate surface area is 273 Å². The fourth-order valence-electron chi connectivity index (χ4n) is 6.78. The van der Waals surface area contributed by atoms with Crippen LogP contribution in [0.5, 0.6) is 0 Å². The van der Waals surface area contributed by atoms with Gasteiger partial charge < -0.3 is 14.9 Å². The number of aliphatic carboxylic acids is 1. The molecule has 1 unspecified atom stereocenters. The second-order valence-electron chi connectivity index (χ2n) is 12.1. The Morgan fingerprint density at radius 1 is 0.935 bits per heavy atom. The largest absolute Gasteiger partial charge is 0.481 e. The Bertz CT molecular complexity index is 1730. The Kier molecular flexibility index (Phi) is 9.19. The van der Waals surface area contributed by atoms with Gasteiger partial charge in [-0.1, -0.05) is 23.7 Å². The molecule has 0 radical (unpaired) electrons. The van der Waals surface area contributed by atoms with E-state index in [1.807, 2.05) is 17.1 Å². The Hall–Kier alpha value is -3.78. The van der Waals surface area contributed by atoms with Crippen LogP contribution in [-0.2, 0) is 24.4 Å². The van der Waals surface area contributed by atoms with Crippen LogP contribution in [0.25, 0.3) is 10.8 Å². The lowest BCUT2D eigenvalue weighted by Crippen LogP contribution is -2.68. The van der Waals surface area contributed by atoms with E-state index >= 15 is 0 Å². The number of pyridine rings is 1. The van der Waals surface area contributed by atoms with Gasteiger partial charge in [0.05, 0.1) is 17.4 Å². The number of likely N-dealkylation sites (tertiary alicyclic amines) is 1. The van der Waals surface area contributed by atoms with E-state index in [-0.39, 0.29) is 36.5 Å². The molecule has 0 bridgehead atoms. The number of nitrogens with zero attached hydrogens (tertiary/aromatic N) is 6. The molecule has 244 valence electrons. The second kappa shape index (κ2) is 13.1. The van der Waals surface area contributed by atoms with Gasteiger partial charge in [0.25, 0.3) is 5.91 Å². The first-order chi connectivity index (χ1) is 22.0. The second-order valence-corrected chi connectivity index (χ2v) is 14.5. The highest BCUT2D eigenvalue weighted by molar-refractivity contribution is 7.89. The summed E-state index contributed by atoms with van der Waals surface area (Å²) >= 11 is 6.11. The molecule has 4 heterocycles. The minimum absolute atomic E-state index is 0.0221. The zero-order chi connectivity index (χ0) is 32.6. The summed E-state index contributed by atoms with van der Waals surface area (Å²) < 4.78 is 29.0. The van der Waals surface area contributed by atoms with Crippen LogP contribution in [0.4, 0.5) is 5.69 Å². The van der Waals surface area contributed by atoms with E-state index in [0.29, 0.717) is 23.3 Å². The molecule has 3 aliphatic rings. The van der Waals surface area contributed by atoms with Crippen LogP contribution in [0.15, 0.2) is 65.8 Å². The topological polar surface area (TPSA) is 135 Å². The predicted octanol–water partition coefficient (Wildman–Crippen LogP) is 2.93. The van der Waals surface area contributed by atoms with Crippen molar-refractivity contribution in [3.63, 3.8) is 0 Å². The first-order valence-electron chi connectivity index (χ1n) is 15.4. The third-order valence-electron chi connectivity index (χ3n) is 9.45. The summed E-state index contributed by atoms with van der Waals surface area (Å²) in [6.45, 7) is 1.31. The van der Waals surface area contributed by atoms with E-state index in [1.54, 1.807) is 54.7 Å². The molecule has 1 N–H and O–H groups in total. The summed E-state index contributed by atoms with van der Waals surface area (Å²) in [5, 5.41) is 14.7. The number of carbonyl (C=O) groups is 3. The molecule has 14 heteroatoms. The van der Waals surface area contributed by atoms with Crippen molar-refractivity contribution < 1.29 is 27.9 Å². The number of carbonyl (C=O) groups excluding carboxylic acids is 2. The fourth-order valence-corrected chi connectivity index (χ4v) is 8.40. The van der Waals surface area contributed by atoms with Gasteiger partial charge in [0.2, 0.25) is 15.9 Å². The maximum atomic E-state index is 14.1. The van der Waals surface area contributed by atoms with E-state index in [4.69, 9.17) is 11.6 Å². The van der Waals surface area contributed by atoms with Gasteiger partial charge in [-0.2, -0.15) is 4.31 Å². The van der Waals surface area contributed by atoms with E-state index in [9.17, 15) is 27.9 Å². The van der Waals surface area contributed by atoms with E-state index in [2.05, 4.69) is 9.88 Å². The molecule has 3 saturated heterocycles. The van der Waals surface area contributed by atoms with E-state index in [1.165, 1.54) is 11.1 Å². The molecule has 0 spiro atoms. The van der Waals surface area contributed by atoms with Gasteiger partial charge in [0.15, 0.2) is 0 Å². The highest BCUT2D eigenvalue weighted by Gasteiger charge is 2.47. The molecule has 6 rings (SSSR count). The number of hydrogen-bond donors (Lipinski definition) is 1. The molecule has 0 saturated carbocycles. The molecule has 0 aliphatic carbocycles. The lowest BCUT2D eigenvalue weighted by molar-refractivity contribution is -0.174. The SMILES string of the molecule is CN(C1CCN(c2ccncc2)CC1)N1C(=O)CN(S(=O)(=O)c2ccc3cc(Cl)ccc3c2)CC1C(=O)N1CCC(C(=O)O)CC1. The highest BCUT2D eigenvalue weighted by Crippen LogP contribution is 2.30. The summed E-state index contributed by atoms with van der Waals surface area (Å²) in [5.41, 5.74) is 1.07. The molecular formula is C32H37ClN6O6S. The number of benzene rings is 2. The van der Waals surface area contributed by atoms with Gasteiger partial charge >= 0.3 is 5.97 Å². The van der Waals surface area contributed by atoms with Crippen LogP contribution < -0.4 is 4.90 Å². The minimum atomic E-state index is -4.15. The van der Waals surface area contributed by atoms with Gasteiger partial charge in [-0.15, -0.1) is 0 Å². The average Bonchev–Trinajstić information content (AvgIpc) is 3.07. The number of sulfonamides is 1. The van der Waals surface area contributed by atoms with Crippen molar-refractivity contribution in [1.29, 1.82) is 0 Å². The van der Waals surface area contributed by atoms with Crippen LogP contribution >= 0.6 is 11.6 Å². The monoisotopic (exact) mass is 668 g/mol. The van der Waals surface area contributed by atoms with Crippen LogP contribution in [0.1, 0.15) is 25.7 Å². The molecule has 2 amide bonds. The Balaban J connectivity index is 1.25. The quantitative estimate of drug-likeness (QED) is 0.403. The molecule has 46 heavy (non-hydrogen) atoms. The standard InChI is InChI=1S/C32H37ClN6O6S/c1-35(26-10-16-36(17-11-26)27-6-12-34-13-7-27)39-29(31(41)37-14-8-22(9-15-37)32(42)43)20-38(21-30(39)40)46(44,45)28-5-3-23-18-25(33)4-2-24(23)19-28/h2-7,12-13,18-19,22,26,29H,8-11,14-17,20-21H2,1H3,(H,42,43). The summed E-state index contributed by atoms with van der Waals surface area (Å²) in [6, 6.07) is 12.6. The Morgan fingerprint density at radius 3 is 2.26 bits per heavy atom. The van der Waals surface area contributed by atoms with Gasteiger partial charge in [0.1, 0.15) is 6.04 Å². The molecular weight excluding hydrogens is 632 g/mol.